The van der Waals surface area contributed by atoms with Crippen molar-refractivity contribution < 1.29 is 23.5 Å². The first kappa shape index (κ1) is 21.4. The number of piperidine rings is 1. The van der Waals surface area contributed by atoms with Gasteiger partial charge in [0.25, 0.3) is 5.91 Å². The van der Waals surface area contributed by atoms with Gasteiger partial charge in [-0.2, -0.15) is 0 Å². The third-order valence-electron chi connectivity index (χ3n) is 5.94. The van der Waals surface area contributed by atoms with Gasteiger partial charge in [-0.05, 0) is 43.7 Å². The van der Waals surface area contributed by atoms with Gasteiger partial charge < -0.3 is 24.7 Å². The van der Waals surface area contributed by atoms with Crippen LogP contribution in [0.4, 0.5) is 0 Å². The van der Waals surface area contributed by atoms with Gasteiger partial charge in [-0.25, -0.2) is 0 Å². The lowest BCUT2D eigenvalue weighted by atomic mass is 9.88. The molecule has 8 heteroatoms. The molecule has 3 amide bonds. The summed E-state index contributed by atoms with van der Waals surface area (Å²) in [5, 5.41) is 5.87. The van der Waals surface area contributed by atoms with Crippen molar-refractivity contribution in [1.82, 2.24) is 15.5 Å². The summed E-state index contributed by atoms with van der Waals surface area (Å²) in [6.07, 6.45) is 6.70. The van der Waals surface area contributed by atoms with Crippen molar-refractivity contribution in [2.45, 2.75) is 44.6 Å². The predicted octanol–water partition coefficient (Wildman–Crippen LogP) is 1.57. The van der Waals surface area contributed by atoms with E-state index in [1.54, 1.807) is 24.1 Å². The number of amides is 3. The summed E-state index contributed by atoms with van der Waals surface area (Å²) in [6, 6.07) is 2.77. The van der Waals surface area contributed by atoms with Crippen molar-refractivity contribution in [3.63, 3.8) is 0 Å². The zero-order valence-corrected chi connectivity index (χ0v) is 17.0. The van der Waals surface area contributed by atoms with Crippen LogP contribution in [0.2, 0.25) is 0 Å². The number of methoxy groups -OCH3 is 1. The van der Waals surface area contributed by atoms with Crippen molar-refractivity contribution in [3.8, 4) is 0 Å². The number of likely N-dealkylation sites (tertiary alicyclic amines) is 1. The molecule has 2 fully saturated rings. The normalized spacial score (nSPS) is 19.1. The lowest BCUT2D eigenvalue weighted by Gasteiger charge is -2.35. The van der Waals surface area contributed by atoms with Crippen LogP contribution in [-0.2, 0) is 14.3 Å². The van der Waals surface area contributed by atoms with Gasteiger partial charge in [0, 0.05) is 32.7 Å². The highest BCUT2D eigenvalue weighted by Crippen LogP contribution is 2.27. The Labute approximate surface area is 171 Å². The minimum atomic E-state index is -0.583. The van der Waals surface area contributed by atoms with Crippen molar-refractivity contribution in [2.75, 3.05) is 33.4 Å². The third-order valence-corrected chi connectivity index (χ3v) is 5.94. The topological polar surface area (TPSA) is 101 Å². The Kier molecular flexibility index (Phi) is 7.69. The number of ether oxygens (including phenoxy) is 1. The lowest BCUT2D eigenvalue weighted by Crippen LogP contribution is -2.55. The maximum atomic E-state index is 12.8. The van der Waals surface area contributed by atoms with Crippen LogP contribution in [0.1, 0.15) is 49.1 Å². The summed E-state index contributed by atoms with van der Waals surface area (Å²) in [6.45, 7) is 1.89. The van der Waals surface area contributed by atoms with Gasteiger partial charge in [-0.3, -0.25) is 14.4 Å². The zero-order valence-electron chi connectivity index (χ0n) is 17.0. The molecule has 1 saturated carbocycles. The minimum Gasteiger partial charge on any atom is -0.459 e. The van der Waals surface area contributed by atoms with E-state index in [0.29, 0.717) is 44.8 Å². The quantitative estimate of drug-likeness (QED) is 0.640. The molecular formula is C21H31N3O5. The number of hydrogen-bond acceptors (Lipinski definition) is 5. The molecule has 1 atom stereocenters. The highest BCUT2D eigenvalue weighted by atomic mass is 16.5. The third kappa shape index (κ3) is 5.59. The van der Waals surface area contributed by atoms with Crippen LogP contribution in [0.5, 0.6) is 0 Å². The van der Waals surface area contributed by atoms with E-state index < -0.39 is 6.04 Å². The van der Waals surface area contributed by atoms with E-state index in [4.69, 9.17) is 9.15 Å². The summed E-state index contributed by atoms with van der Waals surface area (Å²) in [4.78, 5) is 39.7. The number of carbonyl (C=O) groups is 3. The first-order chi connectivity index (χ1) is 14.1. The standard InChI is InChI=1S/C21H31N3O5/c1-28-14-10-22-20(26)18(23-19(25)16-5-2-3-6-16)15-8-11-24(12-9-15)21(27)17-7-4-13-29-17/h4,7,13,15-16,18H,2-3,5-6,8-12,14H2,1H3,(H,22,26)(H,23,25)/t18-/m1/s1. The molecule has 1 saturated heterocycles. The molecule has 160 valence electrons. The molecule has 3 rings (SSSR count). The van der Waals surface area contributed by atoms with Gasteiger partial charge >= 0.3 is 0 Å². The van der Waals surface area contributed by atoms with Crippen LogP contribution in [0, 0.1) is 11.8 Å². The fraction of sp³-hybridized carbons (Fsp3) is 0.667. The first-order valence-electron chi connectivity index (χ1n) is 10.5. The smallest absolute Gasteiger partial charge is 0.289 e. The van der Waals surface area contributed by atoms with Crippen molar-refractivity contribution in [3.05, 3.63) is 24.2 Å². The Morgan fingerprint density at radius 2 is 1.93 bits per heavy atom. The van der Waals surface area contributed by atoms with Crippen LogP contribution >= 0.6 is 0 Å². The Morgan fingerprint density at radius 1 is 1.21 bits per heavy atom. The molecule has 2 heterocycles. The second kappa shape index (κ2) is 10.4. The molecule has 1 aliphatic heterocycles. The van der Waals surface area contributed by atoms with E-state index in [2.05, 4.69) is 10.6 Å². The van der Waals surface area contributed by atoms with Crippen LogP contribution in [0.15, 0.2) is 22.8 Å². The Balaban J connectivity index is 1.60. The molecule has 0 bridgehead atoms. The van der Waals surface area contributed by atoms with E-state index >= 15 is 0 Å². The summed E-state index contributed by atoms with van der Waals surface area (Å²) in [5.74, 6) is -0.0162. The van der Waals surface area contributed by atoms with E-state index in [1.165, 1.54) is 6.26 Å². The van der Waals surface area contributed by atoms with Gasteiger partial charge in [0.1, 0.15) is 6.04 Å². The van der Waals surface area contributed by atoms with Gasteiger partial charge in [-0.15, -0.1) is 0 Å². The van der Waals surface area contributed by atoms with Crippen molar-refractivity contribution in [1.29, 1.82) is 0 Å². The molecule has 0 radical (unpaired) electrons. The highest BCUT2D eigenvalue weighted by Gasteiger charge is 2.35. The minimum absolute atomic E-state index is 0.00453. The van der Waals surface area contributed by atoms with E-state index in [9.17, 15) is 14.4 Å². The van der Waals surface area contributed by atoms with E-state index in [1.807, 2.05) is 0 Å². The molecule has 29 heavy (non-hydrogen) atoms. The molecule has 0 spiro atoms. The number of nitrogens with zero attached hydrogens (tertiary/aromatic N) is 1. The summed E-state index contributed by atoms with van der Waals surface area (Å²) < 4.78 is 10.2. The fourth-order valence-corrected chi connectivity index (χ4v) is 4.23. The molecule has 1 aromatic rings. The van der Waals surface area contributed by atoms with Crippen LogP contribution in [0.25, 0.3) is 0 Å². The van der Waals surface area contributed by atoms with Gasteiger partial charge in [0.2, 0.25) is 11.8 Å². The summed E-state index contributed by atoms with van der Waals surface area (Å²) in [5.41, 5.74) is 0. The lowest BCUT2D eigenvalue weighted by molar-refractivity contribution is -0.132. The van der Waals surface area contributed by atoms with Crippen LogP contribution < -0.4 is 10.6 Å². The monoisotopic (exact) mass is 405 g/mol. The fourth-order valence-electron chi connectivity index (χ4n) is 4.23. The Hall–Kier alpha value is -2.35. The summed E-state index contributed by atoms with van der Waals surface area (Å²) in [7, 11) is 1.58. The van der Waals surface area contributed by atoms with Crippen molar-refractivity contribution in [2.24, 2.45) is 11.8 Å². The van der Waals surface area contributed by atoms with Gasteiger partial charge in [0.15, 0.2) is 5.76 Å². The molecule has 0 aromatic carbocycles. The predicted molar refractivity (Wildman–Crippen MR) is 106 cm³/mol. The average molecular weight is 405 g/mol. The Morgan fingerprint density at radius 3 is 2.55 bits per heavy atom. The largest absolute Gasteiger partial charge is 0.459 e. The summed E-state index contributed by atoms with van der Waals surface area (Å²) >= 11 is 0. The van der Waals surface area contributed by atoms with E-state index in [0.717, 1.165) is 25.7 Å². The van der Waals surface area contributed by atoms with Crippen LogP contribution in [0.3, 0.4) is 0 Å². The average Bonchev–Trinajstić information content (AvgIpc) is 3.46. The number of furan rings is 1. The molecule has 0 unspecified atom stereocenters. The molecular weight excluding hydrogens is 374 g/mol. The second-order valence-electron chi connectivity index (χ2n) is 7.86. The molecule has 2 aliphatic rings. The SMILES string of the molecule is COCCNC(=O)[C@H](NC(=O)C1CCCC1)C1CCN(C(=O)c2ccco2)CC1. The highest BCUT2D eigenvalue weighted by molar-refractivity contribution is 5.91. The molecule has 8 nitrogen and oxygen atoms in total. The molecule has 1 aliphatic carbocycles. The zero-order chi connectivity index (χ0) is 20.6. The number of rotatable bonds is 8. The molecule has 2 N–H and O–H groups in total. The number of nitrogens with one attached hydrogen (secondary N) is 2. The number of carbonyl (C=O) groups excluding carboxylic acids is 3. The van der Waals surface area contributed by atoms with Gasteiger partial charge in [-0.1, -0.05) is 12.8 Å². The number of hydrogen-bond donors (Lipinski definition) is 2. The van der Waals surface area contributed by atoms with Gasteiger partial charge in [0.05, 0.1) is 12.9 Å². The van der Waals surface area contributed by atoms with E-state index in [-0.39, 0.29) is 29.6 Å². The first-order valence-corrected chi connectivity index (χ1v) is 10.5. The second-order valence-corrected chi connectivity index (χ2v) is 7.86. The van der Waals surface area contributed by atoms with Crippen molar-refractivity contribution >= 4 is 17.7 Å². The maximum Gasteiger partial charge on any atom is 0.289 e. The maximum absolute atomic E-state index is 12.8. The van der Waals surface area contributed by atoms with Crippen LogP contribution in [-0.4, -0.2) is 62.0 Å². The molecule has 1 aromatic heterocycles. The Bertz CT molecular complexity index is 676.